The molecule has 1 heterocycles. The SMILES string of the molecule is C=CCC(=O)N1CCCC(C(C)N)C1. The van der Waals surface area contributed by atoms with E-state index in [1.54, 1.807) is 6.08 Å². The van der Waals surface area contributed by atoms with Crippen molar-refractivity contribution >= 4 is 5.91 Å². The summed E-state index contributed by atoms with van der Waals surface area (Å²) in [6, 6.07) is 0.189. The molecular formula is C11H20N2O. The Morgan fingerprint density at radius 2 is 2.50 bits per heavy atom. The molecule has 1 amide bonds. The van der Waals surface area contributed by atoms with Crippen LogP contribution in [0.1, 0.15) is 26.2 Å². The summed E-state index contributed by atoms with van der Waals surface area (Å²) in [5, 5.41) is 0. The van der Waals surface area contributed by atoms with Gasteiger partial charge in [0, 0.05) is 25.6 Å². The number of nitrogens with two attached hydrogens (primary N) is 1. The molecule has 2 atom stereocenters. The largest absolute Gasteiger partial charge is 0.342 e. The van der Waals surface area contributed by atoms with Crippen molar-refractivity contribution in [3.8, 4) is 0 Å². The van der Waals surface area contributed by atoms with Gasteiger partial charge in [-0.05, 0) is 25.7 Å². The Morgan fingerprint density at radius 1 is 1.79 bits per heavy atom. The highest BCUT2D eigenvalue weighted by Crippen LogP contribution is 2.19. The summed E-state index contributed by atoms with van der Waals surface area (Å²) >= 11 is 0. The number of carbonyl (C=O) groups excluding carboxylic acids is 1. The van der Waals surface area contributed by atoms with E-state index in [2.05, 4.69) is 6.58 Å². The number of hydrogen-bond acceptors (Lipinski definition) is 2. The molecule has 2 unspecified atom stereocenters. The summed E-state index contributed by atoms with van der Waals surface area (Å²) in [6.07, 6.45) is 4.34. The molecule has 80 valence electrons. The Kier molecular flexibility index (Phi) is 4.14. The minimum absolute atomic E-state index is 0.186. The van der Waals surface area contributed by atoms with E-state index in [-0.39, 0.29) is 11.9 Å². The topological polar surface area (TPSA) is 46.3 Å². The maximum atomic E-state index is 11.6. The highest BCUT2D eigenvalue weighted by Gasteiger charge is 2.24. The number of hydrogen-bond donors (Lipinski definition) is 1. The third-order valence-electron chi connectivity index (χ3n) is 2.87. The minimum Gasteiger partial charge on any atom is -0.342 e. The lowest BCUT2D eigenvalue weighted by Gasteiger charge is -2.34. The molecule has 0 saturated carbocycles. The molecule has 0 bridgehead atoms. The van der Waals surface area contributed by atoms with Gasteiger partial charge in [-0.3, -0.25) is 4.79 Å². The predicted octanol–water partition coefficient (Wildman–Crippen LogP) is 1.15. The van der Waals surface area contributed by atoms with Gasteiger partial charge in [0.25, 0.3) is 0 Å². The molecule has 0 aromatic heterocycles. The molecule has 1 aliphatic rings. The van der Waals surface area contributed by atoms with Crippen molar-refractivity contribution in [2.24, 2.45) is 11.7 Å². The molecule has 0 aromatic carbocycles. The zero-order valence-electron chi connectivity index (χ0n) is 8.91. The van der Waals surface area contributed by atoms with Gasteiger partial charge in [-0.1, -0.05) is 6.08 Å². The van der Waals surface area contributed by atoms with Crippen molar-refractivity contribution in [1.29, 1.82) is 0 Å². The average molecular weight is 196 g/mol. The fourth-order valence-electron chi connectivity index (χ4n) is 1.92. The first kappa shape index (κ1) is 11.2. The second-order valence-corrected chi connectivity index (χ2v) is 4.09. The van der Waals surface area contributed by atoms with Crippen LogP contribution in [0.25, 0.3) is 0 Å². The van der Waals surface area contributed by atoms with Crippen LogP contribution in [-0.4, -0.2) is 29.9 Å². The fraction of sp³-hybridized carbons (Fsp3) is 0.727. The second-order valence-electron chi connectivity index (χ2n) is 4.09. The summed E-state index contributed by atoms with van der Waals surface area (Å²) in [4.78, 5) is 13.5. The fourth-order valence-corrected chi connectivity index (χ4v) is 1.92. The number of nitrogens with zero attached hydrogens (tertiary/aromatic N) is 1. The number of amides is 1. The van der Waals surface area contributed by atoms with Crippen molar-refractivity contribution in [3.63, 3.8) is 0 Å². The number of carbonyl (C=O) groups is 1. The van der Waals surface area contributed by atoms with Crippen LogP contribution in [0, 0.1) is 5.92 Å². The monoisotopic (exact) mass is 196 g/mol. The van der Waals surface area contributed by atoms with Gasteiger partial charge >= 0.3 is 0 Å². The van der Waals surface area contributed by atoms with Crippen molar-refractivity contribution in [2.75, 3.05) is 13.1 Å². The molecule has 1 aliphatic heterocycles. The van der Waals surface area contributed by atoms with E-state index in [4.69, 9.17) is 5.73 Å². The van der Waals surface area contributed by atoms with E-state index in [9.17, 15) is 4.79 Å². The second kappa shape index (κ2) is 5.15. The van der Waals surface area contributed by atoms with E-state index in [1.807, 2.05) is 11.8 Å². The van der Waals surface area contributed by atoms with E-state index in [0.29, 0.717) is 12.3 Å². The van der Waals surface area contributed by atoms with E-state index >= 15 is 0 Å². The molecule has 0 aliphatic carbocycles. The number of rotatable bonds is 3. The van der Waals surface area contributed by atoms with Crippen LogP contribution in [0.3, 0.4) is 0 Å². The van der Waals surface area contributed by atoms with E-state index < -0.39 is 0 Å². The standard InChI is InChI=1S/C11H20N2O/c1-3-5-11(14)13-7-4-6-10(8-13)9(2)12/h3,9-10H,1,4-8,12H2,2H3. The first-order valence-electron chi connectivity index (χ1n) is 5.29. The van der Waals surface area contributed by atoms with Gasteiger partial charge in [0.1, 0.15) is 0 Å². The number of piperidine rings is 1. The van der Waals surface area contributed by atoms with Crippen molar-refractivity contribution in [1.82, 2.24) is 4.90 Å². The molecule has 2 N–H and O–H groups in total. The van der Waals surface area contributed by atoms with Gasteiger partial charge in [-0.15, -0.1) is 6.58 Å². The Bertz CT molecular complexity index is 213. The van der Waals surface area contributed by atoms with Gasteiger partial charge < -0.3 is 10.6 Å². The van der Waals surface area contributed by atoms with Crippen LogP contribution in [0.2, 0.25) is 0 Å². The maximum Gasteiger partial charge on any atom is 0.226 e. The Hall–Kier alpha value is -0.830. The maximum absolute atomic E-state index is 11.6. The van der Waals surface area contributed by atoms with Crippen LogP contribution in [0.5, 0.6) is 0 Å². The highest BCUT2D eigenvalue weighted by molar-refractivity contribution is 5.77. The first-order valence-corrected chi connectivity index (χ1v) is 5.29. The lowest BCUT2D eigenvalue weighted by molar-refractivity contribution is -0.132. The van der Waals surface area contributed by atoms with Crippen molar-refractivity contribution in [2.45, 2.75) is 32.2 Å². The average Bonchev–Trinajstić information content (AvgIpc) is 2.18. The molecule has 0 spiro atoms. The van der Waals surface area contributed by atoms with Gasteiger partial charge in [0.15, 0.2) is 0 Å². The van der Waals surface area contributed by atoms with Crippen molar-refractivity contribution in [3.05, 3.63) is 12.7 Å². The predicted molar refractivity (Wildman–Crippen MR) is 57.8 cm³/mol. The lowest BCUT2D eigenvalue weighted by Crippen LogP contribution is -2.44. The third kappa shape index (κ3) is 2.84. The summed E-state index contributed by atoms with van der Waals surface area (Å²) in [5.41, 5.74) is 5.85. The Labute approximate surface area is 86.0 Å². The van der Waals surface area contributed by atoms with Gasteiger partial charge in [-0.25, -0.2) is 0 Å². The van der Waals surface area contributed by atoms with Crippen LogP contribution < -0.4 is 5.73 Å². The van der Waals surface area contributed by atoms with Gasteiger partial charge in [-0.2, -0.15) is 0 Å². The summed E-state index contributed by atoms with van der Waals surface area (Å²) < 4.78 is 0. The smallest absolute Gasteiger partial charge is 0.226 e. The quantitative estimate of drug-likeness (QED) is 0.688. The van der Waals surface area contributed by atoms with Gasteiger partial charge in [0.2, 0.25) is 5.91 Å². The van der Waals surface area contributed by atoms with Crippen LogP contribution >= 0.6 is 0 Å². The first-order chi connectivity index (χ1) is 6.65. The molecule has 3 heteroatoms. The molecule has 14 heavy (non-hydrogen) atoms. The van der Waals surface area contributed by atoms with Gasteiger partial charge in [0.05, 0.1) is 0 Å². The third-order valence-corrected chi connectivity index (χ3v) is 2.87. The molecule has 1 fully saturated rings. The molecule has 3 nitrogen and oxygen atoms in total. The zero-order valence-corrected chi connectivity index (χ0v) is 8.91. The van der Waals surface area contributed by atoms with Crippen LogP contribution in [0.15, 0.2) is 12.7 Å². The normalized spacial score (nSPS) is 24.4. The van der Waals surface area contributed by atoms with Crippen molar-refractivity contribution < 1.29 is 4.79 Å². The van der Waals surface area contributed by atoms with E-state index in [0.717, 1.165) is 25.9 Å². The zero-order chi connectivity index (χ0) is 10.6. The molecule has 0 aromatic rings. The number of likely N-dealkylation sites (tertiary alicyclic amines) is 1. The Morgan fingerprint density at radius 3 is 3.07 bits per heavy atom. The summed E-state index contributed by atoms with van der Waals surface area (Å²) in [7, 11) is 0. The summed E-state index contributed by atoms with van der Waals surface area (Å²) in [6.45, 7) is 7.31. The van der Waals surface area contributed by atoms with E-state index in [1.165, 1.54) is 0 Å². The molecule has 0 radical (unpaired) electrons. The summed E-state index contributed by atoms with van der Waals surface area (Å²) in [5.74, 6) is 0.655. The molecule has 1 saturated heterocycles. The molecular weight excluding hydrogens is 176 g/mol. The molecule has 1 rings (SSSR count). The Balaban J connectivity index is 2.47. The van der Waals surface area contributed by atoms with Crippen LogP contribution in [-0.2, 0) is 4.79 Å². The van der Waals surface area contributed by atoms with Crippen LogP contribution in [0.4, 0.5) is 0 Å². The lowest BCUT2D eigenvalue weighted by atomic mass is 9.92. The highest BCUT2D eigenvalue weighted by atomic mass is 16.2. The minimum atomic E-state index is 0.186.